The van der Waals surface area contributed by atoms with Crippen LogP contribution in [0.1, 0.15) is 44.2 Å². The van der Waals surface area contributed by atoms with Crippen molar-refractivity contribution in [2.45, 2.75) is 70.1 Å². The maximum Gasteiger partial charge on any atom is 0.330 e. The van der Waals surface area contributed by atoms with Crippen LogP contribution in [0.5, 0.6) is 5.75 Å². The molecule has 0 N–H and O–H groups in total. The number of thioether (sulfide) groups is 1. The molecule has 2 aromatic carbocycles. The molecule has 0 bridgehead atoms. The quantitative estimate of drug-likeness (QED) is 0.281. The first-order valence-electron chi connectivity index (χ1n) is 13.0. The average Bonchev–Trinajstić information content (AvgIpc) is 3.28. The van der Waals surface area contributed by atoms with Gasteiger partial charge in [0.2, 0.25) is 0 Å². The maximum absolute atomic E-state index is 13.0. The van der Waals surface area contributed by atoms with E-state index in [9.17, 15) is 9.59 Å². The fraction of sp³-hybridized carbons (Fsp3) is 0.467. The Morgan fingerprint density at radius 2 is 1.84 bits per heavy atom. The van der Waals surface area contributed by atoms with Gasteiger partial charge in [0.1, 0.15) is 11.9 Å². The Hall–Kier alpha value is -2.81. The van der Waals surface area contributed by atoms with E-state index >= 15 is 0 Å². The summed E-state index contributed by atoms with van der Waals surface area (Å²) in [6.07, 6.45) is 3.42. The monoisotopic (exact) mass is 539 g/mol. The molecular formula is C30H37NO6S. The van der Waals surface area contributed by atoms with Gasteiger partial charge in [-0.1, -0.05) is 59.8 Å². The maximum atomic E-state index is 13.0. The van der Waals surface area contributed by atoms with Crippen molar-refractivity contribution >= 4 is 23.0 Å². The minimum absolute atomic E-state index is 0.0182. The van der Waals surface area contributed by atoms with Crippen LogP contribution >= 0.6 is 11.8 Å². The third-order valence-electron chi connectivity index (χ3n) is 7.03. The van der Waals surface area contributed by atoms with Crippen LogP contribution in [-0.2, 0) is 32.0 Å². The van der Waals surface area contributed by atoms with Crippen molar-refractivity contribution < 1.29 is 28.5 Å². The van der Waals surface area contributed by atoms with Gasteiger partial charge in [-0.2, -0.15) is 0 Å². The molecule has 2 aromatic rings. The van der Waals surface area contributed by atoms with Gasteiger partial charge >= 0.3 is 5.97 Å². The highest BCUT2D eigenvalue weighted by Gasteiger charge is 2.54. The first kappa shape index (κ1) is 28.2. The molecular weight excluding hydrogens is 502 g/mol. The Kier molecular flexibility index (Phi) is 9.52. The Bertz CT molecular complexity index is 1120. The molecule has 0 aromatic heterocycles. The first-order chi connectivity index (χ1) is 18.3. The van der Waals surface area contributed by atoms with E-state index in [-0.39, 0.29) is 23.4 Å². The number of carbonyl (C=O) groups is 2. The molecule has 4 rings (SSSR count). The summed E-state index contributed by atoms with van der Waals surface area (Å²) in [7, 11) is 3.25. The van der Waals surface area contributed by atoms with Gasteiger partial charge in [0.25, 0.3) is 5.24 Å². The minimum atomic E-state index is -1.10. The molecule has 1 amide bonds. The second-order valence-electron chi connectivity index (χ2n) is 10.1. The fourth-order valence-electron chi connectivity index (χ4n) is 5.14. The topological polar surface area (TPSA) is 74.3 Å². The standard InChI is InChI=1S/C30H37NO6S/c1-21(2)16-28(32)36-26-17-25(15-10-22-8-6-5-7-9-22)37-30(18-26,35-4)27-20-38-29(33)31(27)19-23-11-13-24(34-3)14-12-23/h5-9,11-14,16,25-27H,10,15,17-20H2,1-4H3. The third-order valence-corrected chi connectivity index (χ3v) is 8.00. The molecule has 7 nitrogen and oxygen atoms in total. The van der Waals surface area contributed by atoms with E-state index in [0.717, 1.165) is 29.7 Å². The minimum Gasteiger partial charge on any atom is -0.497 e. The normalized spacial score (nSPS) is 25.2. The summed E-state index contributed by atoms with van der Waals surface area (Å²) in [5.41, 5.74) is 3.08. The Morgan fingerprint density at radius 1 is 1.11 bits per heavy atom. The lowest BCUT2D eigenvalue weighted by molar-refractivity contribution is -0.305. The molecule has 4 unspecified atom stereocenters. The van der Waals surface area contributed by atoms with E-state index in [0.29, 0.717) is 25.1 Å². The molecule has 2 saturated heterocycles. The molecule has 2 heterocycles. The van der Waals surface area contributed by atoms with Gasteiger partial charge in [-0.3, -0.25) is 4.79 Å². The van der Waals surface area contributed by atoms with E-state index in [1.165, 1.54) is 23.4 Å². The number of hydrogen-bond acceptors (Lipinski definition) is 7. The van der Waals surface area contributed by atoms with Crippen molar-refractivity contribution in [3.63, 3.8) is 0 Å². The summed E-state index contributed by atoms with van der Waals surface area (Å²) in [6, 6.07) is 17.6. The van der Waals surface area contributed by atoms with Gasteiger partial charge in [0.15, 0.2) is 5.79 Å². The highest BCUT2D eigenvalue weighted by Crippen LogP contribution is 2.42. The van der Waals surface area contributed by atoms with Crippen molar-refractivity contribution in [1.29, 1.82) is 0 Å². The molecule has 2 aliphatic heterocycles. The Labute approximate surface area is 229 Å². The molecule has 2 fully saturated rings. The number of methoxy groups -OCH3 is 2. The van der Waals surface area contributed by atoms with Crippen LogP contribution in [0.2, 0.25) is 0 Å². The number of aryl methyl sites for hydroxylation is 1. The van der Waals surface area contributed by atoms with Gasteiger partial charge in [0.05, 0.1) is 19.3 Å². The van der Waals surface area contributed by atoms with Gasteiger partial charge in [0, 0.05) is 38.3 Å². The zero-order valence-electron chi connectivity index (χ0n) is 22.6. The number of esters is 1. The van der Waals surface area contributed by atoms with Gasteiger partial charge in [-0.15, -0.1) is 0 Å². The fourth-order valence-corrected chi connectivity index (χ4v) is 6.24. The second kappa shape index (κ2) is 12.8. The van der Waals surface area contributed by atoms with Crippen molar-refractivity contribution in [3.05, 3.63) is 77.4 Å². The van der Waals surface area contributed by atoms with Crippen molar-refractivity contribution in [2.75, 3.05) is 20.0 Å². The zero-order valence-corrected chi connectivity index (χ0v) is 23.4. The smallest absolute Gasteiger partial charge is 0.330 e. The van der Waals surface area contributed by atoms with Crippen molar-refractivity contribution in [2.24, 2.45) is 0 Å². The molecule has 0 radical (unpaired) electrons. The summed E-state index contributed by atoms with van der Waals surface area (Å²) in [6.45, 7) is 4.16. The average molecular weight is 540 g/mol. The summed E-state index contributed by atoms with van der Waals surface area (Å²) >= 11 is 1.27. The van der Waals surface area contributed by atoms with Gasteiger partial charge in [-0.25, -0.2) is 4.79 Å². The molecule has 4 atom stereocenters. The predicted octanol–water partition coefficient (Wildman–Crippen LogP) is 5.77. The number of ether oxygens (including phenoxy) is 4. The SMILES string of the molecule is COc1ccc(CN2C(=O)SCC2C2(OC)CC(OC(=O)C=C(C)C)CC(CCc3ccccc3)O2)cc1. The van der Waals surface area contributed by atoms with Gasteiger partial charge < -0.3 is 23.8 Å². The van der Waals surface area contributed by atoms with Crippen LogP contribution in [0.3, 0.4) is 0 Å². The van der Waals surface area contributed by atoms with E-state index in [2.05, 4.69) is 12.1 Å². The van der Waals surface area contributed by atoms with Crippen LogP contribution in [0.4, 0.5) is 4.79 Å². The van der Waals surface area contributed by atoms with E-state index < -0.39 is 11.9 Å². The summed E-state index contributed by atoms with van der Waals surface area (Å²) < 4.78 is 24.0. The predicted molar refractivity (Wildman–Crippen MR) is 148 cm³/mol. The lowest BCUT2D eigenvalue weighted by Crippen LogP contribution is -2.60. The number of rotatable bonds is 10. The number of hydrogen-bond donors (Lipinski definition) is 0. The lowest BCUT2D eigenvalue weighted by Gasteiger charge is -2.48. The highest BCUT2D eigenvalue weighted by atomic mass is 32.2. The molecule has 0 spiro atoms. The van der Waals surface area contributed by atoms with E-state index in [4.69, 9.17) is 18.9 Å². The molecule has 0 saturated carbocycles. The molecule has 204 valence electrons. The summed E-state index contributed by atoms with van der Waals surface area (Å²) in [5.74, 6) is -0.168. The van der Waals surface area contributed by atoms with E-state index in [1.54, 1.807) is 14.2 Å². The first-order valence-corrected chi connectivity index (χ1v) is 14.0. The summed E-state index contributed by atoms with van der Waals surface area (Å²) in [4.78, 5) is 27.4. The molecule has 0 aliphatic carbocycles. The van der Waals surface area contributed by atoms with Crippen LogP contribution in [-0.4, -0.2) is 60.1 Å². The molecule has 2 aliphatic rings. The number of carbonyl (C=O) groups excluding carboxylic acids is 2. The van der Waals surface area contributed by atoms with Crippen LogP contribution in [0, 0.1) is 0 Å². The van der Waals surface area contributed by atoms with Crippen LogP contribution in [0.15, 0.2) is 66.2 Å². The van der Waals surface area contributed by atoms with E-state index in [1.807, 2.05) is 61.2 Å². The summed E-state index contributed by atoms with van der Waals surface area (Å²) in [5, 5.41) is -0.0182. The third kappa shape index (κ3) is 6.98. The molecule has 38 heavy (non-hydrogen) atoms. The Morgan fingerprint density at radius 3 is 2.50 bits per heavy atom. The van der Waals surface area contributed by atoms with Crippen LogP contribution < -0.4 is 4.74 Å². The molecule has 8 heteroatoms. The Balaban J connectivity index is 1.57. The second-order valence-corrected chi connectivity index (χ2v) is 11.0. The number of allylic oxidation sites excluding steroid dienone is 1. The largest absolute Gasteiger partial charge is 0.497 e. The number of nitrogens with zero attached hydrogens (tertiary/aromatic N) is 1. The lowest BCUT2D eigenvalue weighted by atomic mass is 9.90. The van der Waals surface area contributed by atoms with Crippen molar-refractivity contribution in [1.82, 2.24) is 4.90 Å². The van der Waals surface area contributed by atoms with Crippen LogP contribution in [0.25, 0.3) is 0 Å². The number of benzene rings is 2. The van der Waals surface area contributed by atoms with Crippen molar-refractivity contribution in [3.8, 4) is 5.75 Å². The highest BCUT2D eigenvalue weighted by molar-refractivity contribution is 8.13. The number of amides is 1. The van der Waals surface area contributed by atoms with Gasteiger partial charge in [-0.05, 0) is 49.9 Å². The zero-order chi connectivity index (χ0) is 27.1.